The first-order valence-electron chi connectivity index (χ1n) is 7.28. The first-order valence-corrected chi connectivity index (χ1v) is 7.28. The van der Waals surface area contributed by atoms with Gasteiger partial charge in [0.1, 0.15) is 0 Å². The Labute approximate surface area is 136 Å². The van der Waals surface area contributed by atoms with Crippen molar-refractivity contribution in [2.45, 2.75) is 6.42 Å². The zero-order valence-electron chi connectivity index (χ0n) is 12.5. The number of nitrogens with one attached hydrogen (secondary N) is 2. The van der Waals surface area contributed by atoms with E-state index in [2.05, 4.69) is 15.5 Å². The van der Waals surface area contributed by atoms with Crippen molar-refractivity contribution in [2.24, 2.45) is 5.73 Å². The van der Waals surface area contributed by atoms with Gasteiger partial charge in [0.15, 0.2) is 0 Å². The molecule has 0 atom stereocenters. The van der Waals surface area contributed by atoms with Crippen molar-refractivity contribution in [3.8, 4) is 0 Å². The molecule has 1 aliphatic rings. The number of nitrogens with zero attached hydrogens (tertiary/aromatic N) is 1. The van der Waals surface area contributed by atoms with Crippen LogP contribution in [-0.4, -0.2) is 56.0 Å². The molecular formula is C15H23ClN4O2. The van der Waals surface area contributed by atoms with Crippen molar-refractivity contribution in [1.82, 2.24) is 15.5 Å². The van der Waals surface area contributed by atoms with E-state index in [1.807, 2.05) is 0 Å². The first kappa shape index (κ1) is 18.4. The number of rotatable bonds is 6. The fourth-order valence-electron chi connectivity index (χ4n) is 2.33. The lowest BCUT2D eigenvalue weighted by molar-refractivity contribution is 0.0948. The number of nitrogens with two attached hydrogens (primary N) is 1. The summed E-state index contributed by atoms with van der Waals surface area (Å²) in [5.74, 6) is -0.607. The Bertz CT molecular complexity index is 487. The minimum absolute atomic E-state index is 0. The van der Waals surface area contributed by atoms with Crippen molar-refractivity contribution in [3.63, 3.8) is 0 Å². The monoisotopic (exact) mass is 326 g/mol. The third kappa shape index (κ3) is 5.63. The largest absolute Gasteiger partial charge is 0.366 e. The highest BCUT2D eigenvalue weighted by Crippen LogP contribution is 2.04. The summed E-state index contributed by atoms with van der Waals surface area (Å²) in [6, 6.07) is 6.37. The molecule has 2 rings (SSSR count). The minimum atomic E-state index is -0.488. The predicted molar refractivity (Wildman–Crippen MR) is 88.5 cm³/mol. The predicted octanol–water partition coefficient (Wildman–Crippen LogP) is 0.232. The van der Waals surface area contributed by atoms with E-state index in [1.165, 1.54) is 0 Å². The number of primary amides is 1. The van der Waals surface area contributed by atoms with Crippen molar-refractivity contribution >= 4 is 24.2 Å². The standard InChI is InChI=1S/C15H22N4O2.ClH/c16-14(20)12-2-4-13(5-3-12)15(21)18-6-1-9-19-10-7-17-8-11-19;/h2-5,17H,1,6-11H2,(H2,16,20)(H,18,21);1H. The van der Waals surface area contributed by atoms with Gasteiger partial charge in [0.05, 0.1) is 0 Å². The molecule has 6 nitrogen and oxygen atoms in total. The maximum absolute atomic E-state index is 11.9. The van der Waals surface area contributed by atoms with Crippen LogP contribution in [0.2, 0.25) is 0 Å². The number of hydrogen-bond donors (Lipinski definition) is 3. The molecule has 122 valence electrons. The number of hydrogen-bond acceptors (Lipinski definition) is 4. The van der Waals surface area contributed by atoms with Crippen LogP contribution in [0.1, 0.15) is 27.1 Å². The van der Waals surface area contributed by atoms with Crippen LogP contribution in [-0.2, 0) is 0 Å². The first-order chi connectivity index (χ1) is 10.2. The minimum Gasteiger partial charge on any atom is -0.366 e. The van der Waals surface area contributed by atoms with E-state index in [0.717, 1.165) is 39.1 Å². The second-order valence-electron chi connectivity index (χ2n) is 5.14. The van der Waals surface area contributed by atoms with E-state index in [9.17, 15) is 9.59 Å². The van der Waals surface area contributed by atoms with Gasteiger partial charge >= 0.3 is 0 Å². The fourth-order valence-corrected chi connectivity index (χ4v) is 2.33. The normalized spacial score (nSPS) is 14.9. The number of piperazine rings is 1. The average molecular weight is 327 g/mol. The zero-order valence-corrected chi connectivity index (χ0v) is 13.3. The van der Waals surface area contributed by atoms with Crippen LogP contribution in [0.15, 0.2) is 24.3 Å². The van der Waals surface area contributed by atoms with Gasteiger partial charge in [-0.1, -0.05) is 0 Å². The Hall–Kier alpha value is -1.63. The summed E-state index contributed by atoms with van der Waals surface area (Å²) in [4.78, 5) is 25.3. The lowest BCUT2D eigenvalue weighted by atomic mass is 10.1. The SMILES string of the molecule is Cl.NC(=O)c1ccc(C(=O)NCCCN2CCNCC2)cc1. The topological polar surface area (TPSA) is 87.5 Å². The van der Waals surface area contributed by atoms with Gasteiger partial charge in [-0.25, -0.2) is 0 Å². The maximum Gasteiger partial charge on any atom is 0.251 e. The number of carbonyl (C=O) groups is 2. The van der Waals surface area contributed by atoms with Gasteiger partial charge < -0.3 is 21.3 Å². The molecule has 1 aromatic carbocycles. The summed E-state index contributed by atoms with van der Waals surface area (Å²) in [7, 11) is 0. The Morgan fingerprint density at radius 2 is 1.73 bits per heavy atom. The fraction of sp³-hybridized carbons (Fsp3) is 0.467. The Morgan fingerprint density at radius 1 is 1.14 bits per heavy atom. The molecule has 0 unspecified atom stereocenters. The van der Waals surface area contributed by atoms with Crippen molar-refractivity contribution in [2.75, 3.05) is 39.3 Å². The third-order valence-electron chi connectivity index (χ3n) is 3.58. The van der Waals surface area contributed by atoms with Gasteiger partial charge in [-0.15, -0.1) is 12.4 Å². The Kier molecular flexibility index (Phi) is 7.87. The molecule has 4 N–H and O–H groups in total. The molecule has 0 bridgehead atoms. The van der Waals surface area contributed by atoms with E-state index in [4.69, 9.17) is 5.73 Å². The van der Waals surface area contributed by atoms with E-state index in [0.29, 0.717) is 17.7 Å². The average Bonchev–Trinajstić information content (AvgIpc) is 2.52. The van der Waals surface area contributed by atoms with E-state index < -0.39 is 5.91 Å². The van der Waals surface area contributed by atoms with Gasteiger partial charge in [0.25, 0.3) is 5.91 Å². The van der Waals surface area contributed by atoms with Crippen LogP contribution < -0.4 is 16.4 Å². The molecule has 0 aromatic heterocycles. The van der Waals surface area contributed by atoms with Crippen molar-refractivity contribution in [1.29, 1.82) is 0 Å². The highest BCUT2D eigenvalue weighted by Gasteiger charge is 2.09. The van der Waals surface area contributed by atoms with Crippen LogP contribution in [0.25, 0.3) is 0 Å². The highest BCUT2D eigenvalue weighted by atomic mass is 35.5. The smallest absolute Gasteiger partial charge is 0.251 e. The summed E-state index contributed by atoms with van der Waals surface area (Å²) in [5, 5.41) is 6.20. The van der Waals surface area contributed by atoms with Crippen molar-refractivity contribution in [3.05, 3.63) is 35.4 Å². The van der Waals surface area contributed by atoms with Gasteiger partial charge in [0, 0.05) is 43.9 Å². The molecule has 7 heteroatoms. The molecule has 1 saturated heterocycles. The molecular weight excluding hydrogens is 304 g/mol. The van der Waals surface area contributed by atoms with E-state index in [-0.39, 0.29) is 18.3 Å². The molecule has 0 spiro atoms. The third-order valence-corrected chi connectivity index (χ3v) is 3.58. The van der Waals surface area contributed by atoms with Crippen molar-refractivity contribution < 1.29 is 9.59 Å². The van der Waals surface area contributed by atoms with Gasteiger partial charge in [-0.05, 0) is 37.2 Å². The summed E-state index contributed by atoms with van der Waals surface area (Å²) in [6.45, 7) is 5.88. The summed E-state index contributed by atoms with van der Waals surface area (Å²) < 4.78 is 0. The lowest BCUT2D eigenvalue weighted by Crippen LogP contribution is -2.44. The van der Waals surface area contributed by atoms with E-state index in [1.54, 1.807) is 24.3 Å². The molecule has 1 aromatic rings. The lowest BCUT2D eigenvalue weighted by Gasteiger charge is -2.27. The van der Waals surface area contributed by atoms with E-state index >= 15 is 0 Å². The number of carbonyl (C=O) groups excluding carboxylic acids is 2. The molecule has 1 fully saturated rings. The zero-order chi connectivity index (χ0) is 15.1. The quantitative estimate of drug-likeness (QED) is 0.653. The summed E-state index contributed by atoms with van der Waals surface area (Å²) >= 11 is 0. The number of halogens is 1. The Balaban J connectivity index is 0.00000242. The highest BCUT2D eigenvalue weighted by molar-refractivity contribution is 5.97. The van der Waals surface area contributed by atoms with Gasteiger partial charge in [0.2, 0.25) is 5.91 Å². The van der Waals surface area contributed by atoms with Crippen LogP contribution >= 0.6 is 12.4 Å². The van der Waals surface area contributed by atoms with Crippen LogP contribution in [0.3, 0.4) is 0 Å². The number of benzene rings is 1. The Morgan fingerprint density at radius 3 is 2.32 bits per heavy atom. The molecule has 22 heavy (non-hydrogen) atoms. The molecule has 2 amide bonds. The second kappa shape index (κ2) is 9.40. The van der Waals surface area contributed by atoms with Crippen LogP contribution in [0.5, 0.6) is 0 Å². The summed E-state index contributed by atoms with van der Waals surface area (Å²) in [6.07, 6.45) is 0.936. The molecule has 0 radical (unpaired) electrons. The maximum atomic E-state index is 11.9. The molecule has 0 aliphatic carbocycles. The molecule has 0 saturated carbocycles. The van der Waals surface area contributed by atoms with Gasteiger partial charge in [-0.3, -0.25) is 9.59 Å². The molecule has 1 heterocycles. The van der Waals surface area contributed by atoms with Crippen LogP contribution in [0.4, 0.5) is 0 Å². The second-order valence-corrected chi connectivity index (χ2v) is 5.14. The van der Waals surface area contributed by atoms with Crippen LogP contribution in [0, 0.1) is 0 Å². The van der Waals surface area contributed by atoms with Gasteiger partial charge in [-0.2, -0.15) is 0 Å². The number of amides is 2. The summed E-state index contributed by atoms with van der Waals surface area (Å²) in [5.41, 5.74) is 6.11. The molecule has 1 aliphatic heterocycles.